The normalized spacial score (nSPS) is 11.4. The highest BCUT2D eigenvalue weighted by Crippen LogP contribution is 2.42. The molecule has 0 atom stereocenters. The van der Waals surface area contributed by atoms with Gasteiger partial charge in [-0.1, -0.05) is 60.7 Å². The van der Waals surface area contributed by atoms with Crippen molar-refractivity contribution >= 4 is 28.0 Å². The first-order chi connectivity index (χ1) is 21.0. The van der Waals surface area contributed by atoms with E-state index in [1.165, 1.54) is 0 Å². The highest BCUT2D eigenvalue weighted by atomic mass is 16.5. The number of hydrogen-bond acceptors (Lipinski definition) is 6. The average molecular weight is 566 g/mol. The summed E-state index contributed by atoms with van der Waals surface area (Å²) in [4.78, 5) is 25.2. The number of esters is 1. The highest BCUT2D eigenvalue weighted by molar-refractivity contribution is 6.02. The van der Waals surface area contributed by atoms with E-state index < -0.39 is 5.97 Å². The number of ether oxygens (including phenoxy) is 1. The Morgan fingerprint density at radius 1 is 0.930 bits per heavy atom. The first kappa shape index (κ1) is 26.2. The minimum absolute atomic E-state index is 0.161. The lowest BCUT2D eigenvalue weighted by molar-refractivity contribution is 0.0736. The van der Waals surface area contributed by atoms with E-state index in [1.54, 1.807) is 30.6 Å². The molecule has 0 aliphatic rings. The summed E-state index contributed by atoms with van der Waals surface area (Å²) in [6, 6.07) is 31.3. The molecule has 0 spiro atoms. The quantitative estimate of drug-likeness (QED) is 0.129. The maximum Gasteiger partial charge on any atom is 0.347 e. The molecule has 7 rings (SSSR count). The number of aromatic nitrogens is 5. The van der Waals surface area contributed by atoms with E-state index in [4.69, 9.17) is 9.84 Å². The Labute approximate surface area is 247 Å². The molecule has 3 aromatic heterocycles. The molecule has 3 heterocycles. The summed E-state index contributed by atoms with van der Waals surface area (Å²) in [5, 5.41) is 16.1. The zero-order chi connectivity index (χ0) is 29.5. The summed E-state index contributed by atoms with van der Waals surface area (Å²) < 4.78 is 7.78. The smallest absolute Gasteiger partial charge is 0.347 e. The van der Waals surface area contributed by atoms with Crippen LogP contribution in [-0.4, -0.2) is 35.8 Å². The number of phenolic OH excluding ortho intramolecular Hbond substituents is 1. The van der Waals surface area contributed by atoms with Gasteiger partial charge in [0.15, 0.2) is 5.65 Å². The zero-order valence-electron chi connectivity index (χ0n) is 23.5. The van der Waals surface area contributed by atoms with Crippen LogP contribution in [0.3, 0.4) is 0 Å². The second-order valence-corrected chi connectivity index (χ2v) is 10.5. The Balaban J connectivity index is 1.41. The van der Waals surface area contributed by atoms with Gasteiger partial charge in [0, 0.05) is 36.3 Å². The van der Waals surface area contributed by atoms with Gasteiger partial charge in [0.2, 0.25) is 0 Å². The molecule has 0 fully saturated rings. The fourth-order valence-electron chi connectivity index (χ4n) is 5.66. The minimum Gasteiger partial charge on any atom is -0.508 e. The second-order valence-electron chi connectivity index (χ2n) is 10.5. The van der Waals surface area contributed by atoms with E-state index in [0.29, 0.717) is 22.5 Å². The fourth-order valence-corrected chi connectivity index (χ4v) is 5.66. The molecule has 0 unspecified atom stereocenters. The van der Waals surface area contributed by atoms with Crippen molar-refractivity contribution in [3.05, 3.63) is 137 Å². The maximum absolute atomic E-state index is 13.4. The maximum atomic E-state index is 13.4. The Hall–Kier alpha value is -5.76. The summed E-state index contributed by atoms with van der Waals surface area (Å²) in [5.41, 5.74) is 7.57. The van der Waals surface area contributed by atoms with Gasteiger partial charge in [-0.05, 0) is 60.0 Å². The molecule has 8 nitrogen and oxygen atoms in total. The zero-order valence-corrected chi connectivity index (χ0v) is 23.5. The fraction of sp³-hybridized carbons (Fsp3) is 0.0857. The monoisotopic (exact) mass is 565 g/mol. The van der Waals surface area contributed by atoms with Crippen LogP contribution in [0.25, 0.3) is 33.3 Å². The van der Waals surface area contributed by atoms with E-state index >= 15 is 0 Å². The van der Waals surface area contributed by atoms with Crippen LogP contribution in [0.2, 0.25) is 0 Å². The lowest BCUT2D eigenvalue weighted by Gasteiger charge is -2.22. The van der Waals surface area contributed by atoms with Gasteiger partial charge in [-0.2, -0.15) is 5.10 Å². The predicted octanol–water partition coefficient (Wildman–Crippen LogP) is 6.93. The lowest BCUT2D eigenvalue weighted by atomic mass is 9.82. The van der Waals surface area contributed by atoms with Crippen LogP contribution in [0.1, 0.15) is 38.7 Å². The summed E-state index contributed by atoms with van der Waals surface area (Å²) in [6.07, 6.45) is 3.20. The number of aromatic hydroxyl groups is 1. The minimum atomic E-state index is -0.535. The van der Waals surface area contributed by atoms with Crippen LogP contribution < -0.4 is 4.74 Å². The largest absolute Gasteiger partial charge is 0.508 e. The van der Waals surface area contributed by atoms with E-state index in [2.05, 4.69) is 39.2 Å². The highest BCUT2D eigenvalue weighted by Gasteiger charge is 2.25. The molecule has 7 aromatic rings. The molecule has 0 aliphatic carbocycles. The molecule has 0 bridgehead atoms. The topological polar surface area (TPSA) is 106 Å². The third kappa shape index (κ3) is 4.78. The Bertz CT molecular complexity index is 2080. The number of aryl methyl sites for hydroxylation is 2. The third-order valence-electron chi connectivity index (χ3n) is 7.62. The molecule has 0 saturated heterocycles. The van der Waals surface area contributed by atoms with Crippen molar-refractivity contribution in [1.29, 1.82) is 0 Å². The van der Waals surface area contributed by atoms with Gasteiger partial charge in [-0.15, -0.1) is 0 Å². The number of rotatable bonds is 6. The van der Waals surface area contributed by atoms with E-state index in [1.807, 2.05) is 73.3 Å². The number of nitrogens with zero attached hydrogens (tertiary/aromatic N) is 4. The SMILES string of the molecule is Cc1cnc2c(C(=O)Oc3ccc(-c4nn(C)c5ccc(O)cc45)c(C(c4ccccc4)c4ccccc4)c3)c[nH]c2n1. The number of carbonyl (C=O) groups is 1. The van der Waals surface area contributed by atoms with Crippen LogP contribution in [0, 0.1) is 6.92 Å². The first-order valence-corrected chi connectivity index (χ1v) is 13.9. The van der Waals surface area contributed by atoms with Crippen LogP contribution >= 0.6 is 0 Å². The van der Waals surface area contributed by atoms with Crippen molar-refractivity contribution < 1.29 is 14.6 Å². The van der Waals surface area contributed by atoms with Gasteiger partial charge in [0.05, 0.1) is 11.2 Å². The molecular weight excluding hydrogens is 538 g/mol. The van der Waals surface area contributed by atoms with Crippen molar-refractivity contribution in [1.82, 2.24) is 24.7 Å². The van der Waals surface area contributed by atoms with Crippen molar-refractivity contribution in [3.8, 4) is 22.8 Å². The predicted molar refractivity (Wildman–Crippen MR) is 165 cm³/mol. The van der Waals surface area contributed by atoms with Crippen LogP contribution in [0.15, 0.2) is 109 Å². The lowest BCUT2D eigenvalue weighted by Crippen LogP contribution is -2.10. The third-order valence-corrected chi connectivity index (χ3v) is 7.62. The van der Waals surface area contributed by atoms with Gasteiger partial charge in [-0.3, -0.25) is 9.67 Å². The Morgan fingerprint density at radius 3 is 2.37 bits per heavy atom. The Morgan fingerprint density at radius 2 is 1.65 bits per heavy atom. The first-order valence-electron chi connectivity index (χ1n) is 13.9. The van der Waals surface area contributed by atoms with Gasteiger partial charge in [-0.25, -0.2) is 9.78 Å². The molecule has 0 aliphatic heterocycles. The summed E-state index contributed by atoms with van der Waals surface area (Å²) in [6.45, 7) is 1.84. The average Bonchev–Trinajstić information content (AvgIpc) is 3.58. The van der Waals surface area contributed by atoms with Gasteiger partial charge in [0.1, 0.15) is 28.3 Å². The van der Waals surface area contributed by atoms with Crippen LogP contribution in [-0.2, 0) is 7.05 Å². The van der Waals surface area contributed by atoms with Crippen molar-refractivity contribution in [2.45, 2.75) is 12.8 Å². The molecule has 4 aromatic carbocycles. The van der Waals surface area contributed by atoms with Crippen LogP contribution in [0.5, 0.6) is 11.5 Å². The van der Waals surface area contributed by atoms with Gasteiger partial charge in [0.25, 0.3) is 0 Å². The molecule has 210 valence electrons. The Kier molecular flexibility index (Phi) is 6.43. The van der Waals surface area contributed by atoms with Crippen molar-refractivity contribution in [2.75, 3.05) is 0 Å². The standard InChI is InChI=1S/C35H27N5O3/c1-21-19-36-33-29(20-37-34(33)38-21)35(42)43-25-14-15-26(32-28-17-24(41)13-16-30(28)40(2)39-32)27(18-25)31(22-9-5-3-6-10-22)23-11-7-4-8-12-23/h3-20,31,41H,1-2H3,(H,37,38). The molecule has 2 N–H and O–H groups in total. The summed E-state index contributed by atoms with van der Waals surface area (Å²) in [5.74, 6) is -0.189. The molecule has 8 heteroatoms. The second kappa shape index (κ2) is 10.6. The van der Waals surface area contributed by atoms with Crippen LogP contribution in [0.4, 0.5) is 0 Å². The summed E-state index contributed by atoms with van der Waals surface area (Å²) in [7, 11) is 1.89. The molecular formula is C35H27N5O3. The van der Waals surface area contributed by atoms with Gasteiger partial charge < -0.3 is 14.8 Å². The van der Waals surface area contributed by atoms with E-state index in [-0.39, 0.29) is 11.7 Å². The van der Waals surface area contributed by atoms with Crippen molar-refractivity contribution in [3.63, 3.8) is 0 Å². The molecule has 0 amide bonds. The number of fused-ring (bicyclic) bond motifs is 2. The number of aromatic amines is 1. The summed E-state index contributed by atoms with van der Waals surface area (Å²) >= 11 is 0. The van der Waals surface area contributed by atoms with Gasteiger partial charge >= 0.3 is 5.97 Å². The number of hydrogen-bond donors (Lipinski definition) is 2. The molecule has 0 saturated carbocycles. The number of phenols is 1. The number of carbonyl (C=O) groups excluding carboxylic acids is 1. The molecule has 0 radical (unpaired) electrons. The van der Waals surface area contributed by atoms with Crippen molar-refractivity contribution in [2.24, 2.45) is 7.05 Å². The molecule has 43 heavy (non-hydrogen) atoms. The number of H-pyrrole nitrogens is 1. The van der Waals surface area contributed by atoms with E-state index in [0.717, 1.165) is 44.5 Å². The number of benzene rings is 4. The van der Waals surface area contributed by atoms with E-state index in [9.17, 15) is 9.90 Å². The number of nitrogens with one attached hydrogen (secondary N) is 1.